The zero-order chi connectivity index (χ0) is 63.3. The third kappa shape index (κ3) is 18.2. The molecule has 0 bridgehead atoms. The molecular weight excluding hydrogens is 1110 g/mol. The fourth-order valence-corrected chi connectivity index (χ4v) is 19.4. The Morgan fingerprint density at radius 1 is 0.744 bits per heavy atom. The molecule has 3 saturated heterocycles. The van der Waals surface area contributed by atoms with Gasteiger partial charge in [-0.05, 0) is 87.7 Å². The summed E-state index contributed by atoms with van der Waals surface area (Å²) in [6, 6.07) is 26.4. The first kappa shape index (κ1) is 71.7. The van der Waals surface area contributed by atoms with Crippen LogP contribution in [0.25, 0.3) is 0 Å². The van der Waals surface area contributed by atoms with Gasteiger partial charge in [0.25, 0.3) is 0 Å². The molecule has 3 aromatic carbocycles. The van der Waals surface area contributed by atoms with Crippen LogP contribution >= 0.6 is 7.26 Å². The minimum atomic E-state index is -2.34. The summed E-state index contributed by atoms with van der Waals surface area (Å²) < 4.78 is 37.9. The second kappa shape index (κ2) is 32.0. The first-order valence-electron chi connectivity index (χ1n) is 32.6. The molecule has 3 heterocycles. The van der Waals surface area contributed by atoms with Crippen LogP contribution in [0.2, 0.25) is 0 Å². The van der Waals surface area contributed by atoms with Gasteiger partial charge in [-0.3, -0.25) is 9.59 Å². The van der Waals surface area contributed by atoms with E-state index in [0.29, 0.717) is 12.8 Å². The van der Waals surface area contributed by atoms with E-state index in [9.17, 15) is 35.1 Å². The molecule has 0 spiro atoms. The van der Waals surface area contributed by atoms with Crippen LogP contribution in [0.4, 0.5) is 0 Å². The smallest absolute Gasteiger partial charge is 0.126 e. The molecule has 0 radical (unpaired) electrons. The number of likely N-dealkylation sites (N-methyl/N-ethyl adjacent to an activating group) is 1. The molecule has 0 unspecified atom stereocenters. The first-order chi connectivity index (χ1) is 40.6. The molecule has 0 saturated carbocycles. The molecule has 0 aromatic heterocycles. The average molecular weight is 1220 g/mol. The van der Waals surface area contributed by atoms with Gasteiger partial charge in [0.15, 0.2) is 6.29 Å². The summed E-state index contributed by atoms with van der Waals surface area (Å²) in [5, 5.41) is 64.6. The van der Waals surface area contributed by atoms with E-state index in [2.05, 4.69) is 93.6 Å². The van der Waals surface area contributed by atoms with Crippen LogP contribution in [0.5, 0.6) is 0 Å². The second-order valence-electron chi connectivity index (χ2n) is 27.4. The summed E-state index contributed by atoms with van der Waals surface area (Å²) in [5.41, 5.74) is -0.705. The van der Waals surface area contributed by atoms with Crippen molar-refractivity contribution in [3.63, 3.8) is 0 Å². The van der Waals surface area contributed by atoms with Gasteiger partial charge in [-0.1, -0.05) is 13.8 Å². The number of hydrogen-bond donors (Lipinski definition) is 5. The topological polar surface area (TPSA) is 197 Å². The zero-order valence-electron chi connectivity index (χ0n) is 55.1. The first-order valence-corrected chi connectivity index (χ1v) is 34.8. The molecular formula is C70H113N2O13P. The standard InChI is InChI=1S/C70H113N2O13P/c1-16-60-70(12,79)64(75)52(8)72(62(73)35-24-22-20-18-17-19-21-23-25-36-86(55-32-26-29-46(2)37-55,56-33-27-30-47(3)38-56)57-34-28-31-48(4)39-57)44-49(5)42-68(10,78)61(85-67-63(74)58(71(13)14)40-50(6)82-67)41-59(51(7)66(77)84-60)81-45-54-43-69(11,80-15)65(76)53(9)83-54/h26-34,37-39,49-54,58-61,63-65,67,74-76,78-79,86H,16-25,35-36,40-45H2,1-15H3/t49-,50-,51-,52-,53+,54-,58+,59+,60-,61-,63-,64-,65+,67+,68-,69-,70-/m1/s1. The molecule has 17 atom stereocenters. The van der Waals surface area contributed by atoms with Crippen LogP contribution in [0.15, 0.2) is 72.8 Å². The molecule has 3 aromatic rings. The molecule has 5 N–H and O–H groups in total. The van der Waals surface area contributed by atoms with Gasteiger partial charge in [-0.25, -0.2) is 0 Å². The average Bonchev–Trinajstić information content (AvgIpc) is 1.61. The van der Waals surface area contributed by atoms with Crippen molar-refractivity contribution in [3.8, 4) is 0 Å². The van der Waals surface area contributed by atoms with E-state index in [1.54, 1.807) is 46.6 Å². The molecule has 3 aliphatic heterocycles. The molecule has 3 aliphatic rings. The number of amides is 1. The van der Waals surface area contributed by atoms with Gasteiger partial charge in [0.1, 0.15) is 30.0 Å². The van der Waals surface area contributed by atoms with E-state index in [0.717, 1.165) is 44.7 Å². The second-order valence-corrected chi connectivity index (χ2v) is 31.4. The van der Waals surface area contributed by atoms with Crippen molar-refractivity contribution in [2.45, 2.75) is 270 Å². The molecule has 1 amide bonds. The Morgan fingerprint density at radius 2 is 1.28 bits per heavy atom. The molecule has 86 heavy (non-hydrogen) atoms. The number of ether oxygens (including phenoxy) is 6. The van der Waals surface area contributed by atoms with E-state index in [1.807, 2.05) is 39.8 Å². The summed E-state index contributed by atoms with van der Waals surface area (Å²) in [6.07, 6.45) is 2.41. The monoisotopic (exact) mass is 1220 g/mol. The Kier molecular flexibility index (Phi) is 26.7. The van der Waals surface area contributed by atoms with E-state index < -0.39 is 97.1 Å². The SMILES string of the molecule is CC[C@H]1OC(=O)[C@H](C)[C@@H](OC[C@H]2C[C@@](C)(OC)[C@@H](O)[C@H](C)O2)C[C@@H](O[C@@H]2O[C@H](C)C[C@H](N(C)C)[C@H]2O)[C@](C)(O)C[C@@H](C)CN(C(=O)CCCCCCCCCCC[PH](c2cccc(C)c2)(c2cccc(C)c2)c2cccc(C)c2)[C@H](C)[C@@H](O)[C@]1(C)O. The maximum absolute atomic E-state index is 14.6. The van der Waals surface area contributed by atoms with E-state index in [-0.39, 0.29) is 69.2 Å². The van der Waals surface area contributed by atoms with Crippen LogP contribution in [0.3, 0.4) is 0 Å². The maximum atomic E-state index is 14.6. The Hall–Kier alpha value is -3.41. The number of carbonyl (C=O) groups is 2. The number of rotatable bonds is 23. The van der Waals surface area contributed by atoms with Gasteiger partial charge in [0.05, 0.1) is 60.3 Å². The number of unbranched alkanes of at least 4 members (excludes halogenated alkanes) is 8. The Bertz CT molecular complexity index is 2470. The van der Waals surface area contributed by atoms with Gasteiger partial charge >= 0.3 is 216 Å². The van der Waals surface area contributed by atoms with Crippen molar-refractivity contribution < 1.29 is 63.5 Å². The minimum Gasteiger partial charge on any atom is -0.388 e. The molecule has 16 heteroatoms. The summed E-state index contributed by atoms with van der Waals surface area (Å²) in [7, 11) is 2.97. The summed E-state index contributed by atoms with van der Waals surface area (Å²) in [6.45, 7) is 22.4. The fourth-order valence-electron chi connectivity index (χ4n) is 14.2. The number of hydrogen-bond acceptors (Lipinski definition) is 14. The van der Waals surface area contributed by atoms with Gasteiger partial charge in [-0.2, -0.15) is 0 Å². The normalized spacial score (nSPS) is 33.9. The number of nitrogens with zero attached hydrogens (tertiary/aromatic N) is 2. The number of carbonyl (C=O) groups excluding carboxylic acids is 2. The third-order valence-electron chi connectivity index (χ3n) is 19.6. The van der Waals surface area contributed by atoms with Crippen molar-refractivity contribution in [2.24, 2.45) is 11.8 Å². The van der Waals surface area contributed by atoms with Crippen LogP contribution in [0, 0.1) is 32.6 Å². The van der Waals surface area contributed by atoms with E-state index >= 15 is 0 Å². The van der Waals surface area contributed by atoms with Gasteiger partial charge in [-0.15, -0.1) is 0 Å². The van der Waals surface area contributed by atoms with Gasteiger partial charge < -0.3 is 63.8 Å². The van der Waals surface area contributed by atoms with Crippen molar-refractivity contribution in [2.75, 3.05) is 40.5 Å². The molecule has 0 aliphatic carbocycles. The number of aliphatic hydroxyl groups is 5. The fraction of sp³-hybridized carbons (Fsp3) is 0.714. The van der Waals surface area contributed by atoms with Crippen molar-refractivity contribution in [1.29, 1.82) is 0 Å². The van der Waals surface area contributed by atoms with Crippen LogP contribution in [-0.4, -0.2) is 178 Å². The predicted octanol–water partition coefficient (Wildman–Crippen LogP) is 9.15. The van der Waals surface area contributed by atoms with Crippen LogP contribution in [0.1, 0.15) is 175 Å². The molecule has 6 rings (SSSR count). The number of esters is 1. The number of benzene rings is 3. The zero-order valence-corrected chi connectivity index (χ0v) is 56.1. The number of methoxy groups -OCH3 is 1. The Morgan fingerprint density at radius 3 is 1.79 bits per heavy atom. The predicted molar refractivity (Wildman–Crippen MR) is 345 cm³/mol. The minimum absolute atomic E-state index is 0.0171. The van der Waals surface area contributed by atoms with E-state index in [1.165, 1.54) is 52.4 Å². The number of aryl methyl sites for hydroxylation is 3. The van der Waals surface area contributed by atoms with Crippen LogP contribution < -0.4 is 15.9 Å². The van der Waals surface area contributed by atoms with Crippen LogP contribution in [-0.2, 0) is 38.0 Å². The number of aliphatic hydroxyl groups excluding tert-OH is 3. The molecule has 486 valence electrons. The largest absolute Gasteiger partial charge is 0.388 e. The molecule has 15 nitrogen and oxygen atoms in total. The van der Waals surface area contributed by atoms with Gasteiger partial charge in [0.2, 0.25) is 0 Å². The van der Waals surface area contributed by atoms with Crippen molar-refractivity contribution in [1.82, 2.24) is 9.80 Å². The third-order valence-corrected chi connectivity index (χ3v) is 24.6. The molecule has 3 fully saturated rings. The summed E-state index contributed by atoms with van der Waals surface area (Å²) in [4.78, 5) is 32.7. The summed E-state index contributed by atoms with van der Waals surface area (Å²) in [5.74, 6) is -2.28. The number of cyclic esters (lactones) is 1. The van der Waals surface area contributed by atoms with E-state index in [4.69, 9.17) is 28.4 Å². The Balaban J connectivity index is 1.13. The maximum Gasteiger partial charge on any atom is 0.126 e. The Labute approximate surface area is 517 Å². The van der Waals surface area contributed by atoms with Crippen molar-refractivity contribution in [3.05, 3.63) is 89.5 Å². The van der Waals surface area contributed by atoms with Gasteiger partial charge in [0, 0.05) is 32.5 Å². The van der Waals surface area contributed by atoms with Crippen molar-refractivity contribution >= 4 is 35.1 Å². The summed E-state index contributed by atoms with van der Waals surface area (Å²) >= 11 is 0. The quantitative estimate of drug-likeness (QED) is 0.0342.